The highest BCUT2D eigenvalue weighted by Gasteiger charge is 2.28. The van der Waals surface area contributed by atoms with Gasteiger partial charge in [0.15, 0.2) is 0 Å². The Balaban J connectivity index is 2.69. The first kappa shape index (κ1) is 19.8. The summed E-state index contributed by atoms with van der Waals surface area (Å²) in [7, 11) is 0. The minimum absolute atomic E-state index is 0.113. The molecule has 2 heteroatoms. The van der Waals surface area contributed by atoms with Gasteiger partial charge in [0.2, 0.25) is 0 Å². The summed E-state index contributed by atoms with van der Waals surface area (Å²) in [6, 6.07) is 12.5. The zero-order valence-electron chi connectivity index (χ0n) is 16.6. The summed E-state index contributed by atoms with van der Waals surface area (Å²) in [6.45, 7) is 15.1. The molecule has 1 atom stereocenters. The third-order valence-corrected chi connectivity index (χ3v) is 5.08. The number of aromatic hydroxyl groups is 1. The Kier molecular flexibility index (Phi) is 5.59. The molecule has 2 aromatic carbocycles. The number of phenols is 1. The Labute approximate surface area is 158 Å². The quantitative estimate of drug-likeness (QED) is 0.615. The van der Waals surface area contributed by atoms with Gasteiger partial charge in [0.1, 0.15) is 5.75 Å². The predicted octanol–water partition coefficient (Wildman–Crippen LogP) is 7.18. The van der Waals surface area contributed by atoms with E-state index in [1.807, 2.05) is 12.1 Å². The normalized spacial score (nSPS) is 13.8. The summed E-state index contributed by atoms with van der Waals surface area (Å²) in [4.78, 5) is 0. The van der Waals surface area contributed by atoms with E-state index < -0.39 is 0 Å². The van der Waals surface area contributed by atoms with Gasteiger partial charge in [-0.1, -0.05) is 84.3 Å². The fraction of sp³-hybridized carbons (Fsp3) is 0.478. The Morgan fingerprint density at radius 2 is 1.28 bits per heavy atom. The molecule has 0 saturated heterocycles. The maximum Gasteiger partial charge on any atom is 0.123 e. The van der Waals surface area contributed by atoms with E-state index in [-0.39, 0.29) is 10.8 Å². The molecule has 0 saturated carbocycles. The van der Waals surface area contributed by atoms with Gasteiger partial charge in [-0.05, 0) is 51.6 Å². The molecule has 0 spiro atoms. The largest absolute Gasteiger partial charge is 0.507 e. The van der Waals surface area contributed by atoms with Crippen molar-refractivity contribution in [3.63, 3.8) is 0 Å². The SMILES string of the molecule is CCC(c1ccc(Cl)cc1)c1cc(C(C)(C)C)c(O)c(C(C)(C)C)c1. The van der Waals surface area contributed by atoms with Gasteiger partial charge < -0.3 is 5.11 Å². The fourth-order valence-corrected chi connectivity index (χ4v) is 3.49. The molecule has 0 aliphatic heterocycles. The van der Waals surface area contributed by atoms with Crippen molar-refractivity contribution in [1.82, 2.24) is 0 Å². The van der Waals surface area contributed by atoms with Crippen LogP contribution < -0.4 is 0 Å². The van der Waals surface area contributed by atoms with E-state index >= 15 is 0 Å². The molecule has 1 unspecified atom stereocenters. The van der Waals surface area contributed by atoms with Crippen LogP contribution in [0.4, 0.5) is 0 Å². The van der Waals surface area contributed by atoms with E-state index in [4.69, 9.17) is 11.6 Å². The maximum absolute atomic E-state index is 10.9. The minimum Gasteiger partial charge on any atom is -0.507 e. The first-order chi connectivity index (χ1) is 11.4. The standard InChI is InChI=1S/C23H31ClO/c1-8-18(15-9-11-17(24)12-10-15)16-13-19(22(2,3)4)21(25)20(14-16)23(5,6)7/h9-14,18,25H,8H2,1-7H3. The minimum atomic E-state index is -0.113. The molecule has 0 amide bonds. The third-order valence-electron chi connectivity index (χ3n) is 4.83. The lowest BCUT2D eigenvalue weighted by atomic mass is 9.76. The number of rotatable bonds is 3. The molecule has 2 rings (SSSR count). The first-order valence-corrected chi connectivity index (χ1v) is 9.46. The number of hydrogen-bond donors (Lipinski definition) is 1. The van der Waals surface area contributed by atoms with Crippen LogP contribution >= 0.6 is 11.6 Å². The van der Waals surface area contributed by atoms with Gasteiger partial charge in [-0.3, -0.25) is 0 Å². The number of halogens is 1. The highest BCUT2D eigenvalue weighted by Crippen LogP contribution is 2.42. The van der Waals surface area contributed by atoms with Crippen molar-refractivity contribution in [2.75, 3.05) is 0 Å². The monoisotopic (exact) mass is 358 g/mol. The topological polar surface area (TPSA) is 20.2 Å². The lowest BCUT2D eigenvalue weighted by Gasteiger charge is -2.30. The molecule has 0 fully saturated rings. The molecule has 0 aliphatic rings. The highest BCUT2D eigenvalue weighted by molar-refractivity contribution is 6.30. The molecule has 2 aromatic rings. The zero-order valence-corrected chi connectivity index (χ0v) is 17.3. The van der Waals surface area contributed by atoms with Gasteiger partial charge in [-0.25, -0.2) is 0 Å². The lowest BCUT2D eigenvalue weighted by Crippen LogP contribution is -2.18. The van der Waals surface area contributed by atoms with Crippen LogP contribution in [-0.4, -0.2) is 5.11 Å². The summed E-state index contributed by atoms with van der Waals surface area (Å²) in [5.74, 6) is 0.731. The first-order valence-electron chi connectivity index (χ1n) is 9.08. The number of phenolic OH excluding ortho intramolecular Hbond substituents is 1. The van der Waals surface area contributed by atoms with Crippen molar-refractivity contribution in [2.24, 2.45) is 0 Å². The molecule has 25 heavy (non-hydrogen) atoms. The van der Waals surface area contributed by atoms with Crippen LogP contribution in [-0.2, 0) is 10.8 Å². The molecule has 1 N–H and O–H groups in total. The molecule has 136 valence electrons. The second-order valence-corrected chi connectivity index (χ2v) is 9.41. The Hall–Kier alpha value is -1.47. The van der Waals surface area contributed by atoms with Crippen molar-refractivity contribution < 1.29 is 5.11 Å². The van der Waals surface area contributed by atoms with Crippen molar-refractivity contribution in [1.29, 1.82) is 0 Å². The van der Waals surface area contributed by atoms with Crippen molar-refractivity contribution >= 4 is 11.6 Å². The van der Waals surface area contributed by atoms with Crippen LogP contribution in [0.25, 0.3) is 0 Å². The number of hydrogen-bond acceptors (Lipinski definition) is 1. The fourth-order valence-electron chi connectivity index (χ4n) is 3.36. The van der Waals surface area contributed by atoms with Gasteiger partial charge >= 0.3 is 0 Å². The van der Waals surface area contributed by atoms with Gasteiger partial charge in [-0.15, -0.1) is 0 Å². The van der Waals surface area contributed by atoms with Crippen molar-refractivity contribution in [2.45, 2.75) is 71.6 Å². The second kappa shape index (κ2) is 7.03. The Morgan fingerprint density at radius 1 is 0.840 bits per heavy atom. The van der Waals surface area contributed by atoms with E-state index in [1.165, 1.54) is 11.1 Å². The lowest BCUT2D eigenvalue weighted by molar-refractivity contribution is 0.422. The van der Waals surface area contributed by atoms with Gasteiger partial charge in [-0.2, -0.15) is 0 Å². The molecular weight excluding hydrogens is 328 g/mol. The van der Waals surface area contributed by atoms with E-state index in [0.29, 0.717) is 11.7 Å². The zero-order chi connectivity index (χ0) is 19.0. The maximum atomic E-state index is 10.9. The van der Waals surface area contributed by atoms with Crippen molar-refractivity contribution in [3.05, 3.63) is 63.7 Å². The van der Waals surface area contributed by atoms with Gasteiger partial charge in [0, 0.05) is 10.9 Å². The van der Waals surface area contributed by atoms with Crippen LogP contribution in [0.3, 0.4) is 0 Å². The van der Waals surface area contributed by atoms with Crippen LogP contribution in [0.2, 0.25) is 5.02 Å². The Bertz CT molecular complexity index is 695. The predicted molar refractivity (Wildman–Crippen MR) is 109 cm³/mol. The molecular formula is C23H31ClO. The van der Waals surface area contributed by atoms with E-state index in [1.54, 1.807) is 0 Å². The molecule has 0 heterocycles. The summed E-state index contributed by atoms with van der Waals surface area (Å²) in [6.07, 6.45) is 1.000. The second-order valence-electron chi connectivity index (χ2n) is 8.98. The average Bonchev–Trinajstić information content (AvgIpc) is 2.48. The smallest absolute Gasteiger partial charge is 0.123 e. The summed E-state index contributed by atoms with van der Waals surface area (Å²) >= 11 is 6.06. The van der Waals surface area contributed by atoms with Crippen LogP contribution in [0.5, 0.6) is 5.75 Å². The molecule has 1 nitrogen and oxygen atoms in total. The van der Waals surface area contributed by atoms with Crippen molar-refractivity contribution in [3.8, 4) is 5.75 Å². The van der Waals surface area contributed by atoms with Crippen LogP contribution in [0, 0.1) is 0 Å². The summed E-state index contributed by atoms with van der Waals surface area (Å²) < 4.78 is 0. The van der Waals surface area contributed by atoms with E-state index in [9.17, 15) is 5.11 Å². The summed E-state index contributed by atoms with van der Waals surface area (Å²) in [5, 5.41) is 11.7. The number of benzene rings is 2. The molecule has 0 aromatic heterocycles. The third kappa shape index (κ3) is 4.39. The van der Waals surface area contributed by atoms with Gasteiger partial charge in [0.05, 0.1) is 0 Å². The summed E-state index contributed by atoms with van der Waals surface area (Å²) in [5.41, 5.74) is 4.33. The molecule has 0 radical (unpaired) electrons. The van der Waals surface area contributed by atoms with E-state index in [2.05, 4.69) is 72.7 Å². The highest BCUT2D eigenvalue weighted by atomic mass is 35.5. The Morgan fingerprint density at radius 3 is 1.64 bits per heavy atom. The average molecular weight is 359 g/mol. The molecule has 0 bridgehead atoms. The van der Waals surface area contributed by atoms with Crippen LogP contribution in [0.1, 0.15) is 83.1 Å². The van der Waals surface area contributed by atoms with Crippen LogP contribution in [0.15, 0.2) is 36.4 Å². The molecule has 0 aliphatic carbocycles. The van der Waals surface area contributed by atoms with Gasteiger partial charge in [0.25, 0.3) is 0 Å². The van der Waals surface area contributed by atoms with E-state index in [0.717, 1.165) is 22.6 Å².